The number of phenolic OH excluding ortho intramolecular Hbond substituents is 1. The number of esters is 1. The molecular weight excluding hydrogens is 252 g/mol. The second-order valence-corrected chi connectivity index (χ2v) is 4.19. The van der Waals surface area contributed by atoms with Crippen molar-refractivity contribution in [1.82, 2.24) is 0 Å². The third kappa shape index (κ3) is 3.60. The molecule has 0 radical (unpaired) electrons. The number of rotatable bonds is 4. The molecule has 3 nitrogen and oxygen atoms in total. The Morgan fingerprint density at radius 3 is 2.15 bits per heavy atom. The van der Waals surface area contributed by atoms with Gasteiger partial charge in [-0.05, 0) is 30.2 Å². The van der Waals surface area contributed by atoms with Crippen molar-refractivity contribution in [1.29, 1.82) is 0 Å². The molecule has 0 heterocycles. The molecule has 0 aliphatic rings. The van der Waals surface area contributed by atoms with Crippen LogP contribution in [0.15, 0.2) is 54.6 Å². The van der Waals surface area contributed by atoms with Gasteiger partial charge in [-0.1, -0.05) is 49.9 Å². The fraction of sp³-hybridized carbons (Fsp3) is 0.235. The van der Waals surface area contributed by atoms with E-state index in [1.165, 1.54) is 0 Å². The summed E-state index contributed by atoms with van der Waals surface area (Å²) in [6.45, 7) is 2.14. The summed E-state index contributed by atoms with van der Waals surface area (Å²) in [5.41, 5.74) is 1.69. The van der Waals surface area contributed by atoms with Gasteiger partial charge < -0.3 is 9.84 Å². The van der Waals surface area contributed by atoms with Crippen LogP contribution in [0.3, 0.4) is 0 Å². The van der Waals surface area contributed by atoms with E-state index in [0.717, 1.165) is 11.1 Å². The van der Waals surface area contributed by atoms with Crippen LogP contribution in [0, 0.1) is 0 Å². The van der Waals surface area contributed by atoms with Crippen LogP contribution in [0.25, 0.3) is 0 Å². The lowest BCUT2D eigenvalue weighted by molar-refractivity contribution is -0.143. The van der Waals surface area contributed by atoms with Crippen molar-refractivity contribution in [2.75, 3.05) is 6.61 Å². The largest absolute Gasteiger partial charge is 0.508 e. The lowest BCUT2D eigenvalue weighted by Crippen LogP contribution is -2.17. The average molecular weight is 272 g/mol. The van der Waals surface area contributed by atoms with Gasteiger partial charge in [0.25, 0.3) is 0 Å². The summed E-state index contributed by atoms with van der Waals surface area (Å²) >= 11 is 0. The van der Waals surface area contributed by atoms with Crippen molar-refractivity contribution >= 4 is 5.97 Å². The lowest BCUT2D eigenvalue weighted by Gasteiger charge is -2.16. The second kappa shape index (κ2) is 7.34. The zero-order valence-corrected chi connectivity index (χ0v) is 10.7. The average Bonchev–Trinajstić information content (AvgIpc) is 2.43. The van der Waals surface area contributed by atoms with Crippen molar-refractivity contribution < 1.29 is 14.6 Å². The number of carbonyl (C=O) groups excluding carboxylic acids is 1. The summed E-state index contributed by atoms with van der Waals surface area (Å²) in [4.78, 5) is 12.1. The fourth-order valence-electron chi connectivity index (χ4n) is 2.00. The van der Waals surface area contributed by atoms with E-state index in [2.05, 4.69) is 0 Å². The molecule has 0 aliphatic carbocycles. The van der Waals surface area contributed by atoms with Crippen molar-refractivity contribution in [2.24, 2.45) is 0 Å². The van der Waals surface area contributed by atoms with Gasteiger partial charge in [-0.3, -0.25) is 4.79 Å². The van der Waals surface area contributed by atoms with E-state index in [0.29, 0.717) is 6.61 Å². The highest BCUT2D eigenvalue weighted by Crippen LogP contribution is 2.27. The molecule has 2 aromatic carbocycles. The van der Waals surface area contributed by atoms with E-state index in [-0.39, 0.29) is 19.1 Å². The highest BCUT2D eigenvalue weighted by Gasteiger charge is 2.23. The molecule has 20 heavy (non-hydrogen) atoms. The van der Waals surface area contributed by atoms with Gasteiger partial charge >= 0.3 is 5.97 Å². The standard InChI is InChI=1S/C16H16O3.CH4/c1-2-19-16(18)15(12-6-4-3-5-7-12)13-8-10-14(17)11-9-13;/h3-11,15,17H,2H2,1H3;1H4. The summed E-state index contributed by atoms with van der Waals surface area (Å²) < 4.78 is 5.14. The van der Waals surface area contributed by atoms with Crippen LogP contribution in [0.1, 0.15) is 31.4 Å². The number of ether oxygens (including phenoxy) is 1. The number of carbonyl (C=O) groups is 1. The molecule has 0 saturated carbocycles. The van der Waals surface area contributed by atoms with Gasteiger partial charge in [0.05, 0.1) is 6.61 Å². The van der Waals surface area contributed by atoms with Crippen LogP contribution in [0.4, 0.5) is 0 Å². The minimum Gasteiger partial charge on any atom is -0.508 e. The van der Waals surface area contributed by atoms with Crippen LogP contribution in [-0.2, 0) is 9.53 Å². The van der Waals surface area contributed by atoms with Crippen LogP contribution < -0.4 is 0 Å². The van der Waals surface area contributed by atoms with E-state index in [9.17, 15) is 9.90 Å². The highest BCUT2D eigenvalue weighted by molar-refractivity contribution is 5.82. The molecule has 0 spiro atoms. The Kier molecular flexibility index (Phi) is 5.78. The number of hydrogen-bond acceptors (Lipinski definition) is 3. The molecule has 0 fully saturated rings. The van der Waals surface area contributed by atoms with Gasteiger partial charge in [-0.15, -0.1) is 0 Å². The van der Waals surface area contributed by atoms with Crippen LogP contribution in [0.5, 0.6) is 5.75 Å². The molecule has 106 valence electrons. The molecule has 0 saturated heterocycles. The van der Waals surface area contributed by atoms with Crippen molar-refractivity contribution in [3.05, 3.63) is 65.7 Å². The summed E-state index contributed by atoms with van der Waals surface area (Å²) in [6, 6.07) is 16.1. The molecule has 1 atom stereocenters. The van der Waals surface area contributed by atoms with Crippen LogP contribution >= 0.6 is 0 Å². The second-order valence-electron chi connectivity index (χ2n) is 4.19. The van der Waals surface area contributed by atoms with Crippen molar-refractivity contribution in [3.63, 3.8) is 0 Å². The maximum absolute atomic E-state index is 12.1. The Balaban J connectivity index is 0.00000200. The van der Waals surface area contributed by atoms with Gasteiger partial charge in [0.2, 0.25) is 0 Å². The predicted molar refractivity (Wildman–Crippen MR) is 79.8 cm³/mol. The predicted octanol–water partition coefficient (Wildman–Crippen LogP) is 3.72. The zero-order chi connectivity index (χ0) is 13.7. The van der Waals surface area contributed by atoms with Crippen molar-refractivity contribution in [3.8, 4) is 5.75 Å². The highest BCUT2D eigenvalue weighted by atomic mass is 16.5. The number of aromatic hydroxyl groups is 1. The third-order valence-corrected chi connectivity index (χ3v) is 2.88. The van der Waals surface area contributed by atoms with E-state index >= 15 is 0 Å². The first kappa shape index (κ1) is 15.8. The molecule has 1 unspecified atom stereocenters. The fourth-order valence-corrected chi connectivity index (χ4v) is 2.00. The molecule has 0 aliphatic heterocycles. The number of hydrogen-bond donors (Lipinski definition) is 1. The summed E-state index contributed by atoms with van der Waals surface area (Å²) in [5.74, 6) is -0.555. The Morgan fingerprint density at radius 2 is 1.60 bits per heavy atom. The third-order valence-electron chi connectivity index (χ3n) is 2.88. The summed E-state index contributed by atoms with van der Waals surface area (Å²) in [5, 5.41) is 9.33. The first-order valence-electron chi connectivity index (χ1n) is 6.23. The number of phenols is 1. The van der Waals surface area contributed by atoms with Gasteiger partial charge in [0, 0.05) is 0 Å². The monoisotopic (exact) mass is 272 g/mol. The Bertz CT molecular complexity index is 532. The Hall–Kier alpha value is -2.29. The minimum atomic E-state index is -0.457. The van der Waals surface area contributed by atoms with Gasteiger partial charge in [0.1, 0.15) is 11.7 Å². The van der Waals surface area contributed by atoms with Gasteiger partial charge in [-0.25, -0.2) is 0 Å². The van der Waals surface area contributed by atoms with Crippen molar-refractivity contribution in [2.45, 2.75) is 20.3 Å². The van der Waals surface area contributed by atoms with E-state index < -0.39 is 5.92 Å². The van der Waals surface area contributed by atoms with Crippen LogP contribution in [0.2, 0.25) is 0 Å². The first-order chi connectivity index (χ1) is 9.22. The quantitative estimate of drug-likeness (QED) is 0.863. The maximum Gasteiger partial charge on any atom is 0.317 e. The Morgan fingerprint density at radius 1 is 1.05 bits per heavy atom. The molecular formula is C17H20O3. The molecule has 2 rings (SSSR count). The molecule has 0 amide bonds. The van der Waals surface area contributed by atoms with E-state index in [1.807, 2.05) is 30.3 Å². The maximum atomic E-state index is 12.1. The molecule has 3 heteroatoms. The smallest absolute Gasteiger partial charge is 0.317 e. The summed E-state index contributed by atoms with van der Waals surface area (Å²) in [6.07, 6.45) is 0. The van der Waals surface area contributed by atoms with Gasteiger partial charge in [-0.2, -0.15) is 0 Å². The van der Waals surface area contributed by atoms with Gasteiger partial charge in [0.15, 0.2) is 0 Å². The zero-order valence-electron chi connectivity index (χ0n) is 10.7. The van der Waals surface area contributed by atoms with E-state index in [4.69, 9.17) is 4.74 Å². The van der Waals surface area contributed by atoms with E-state index in [1.54, 1.807) is 31.2 Å². The lowest BCUT2D eigenvalue weighted by atomic mass is 9.91. The van der Waals surface area contributed by atoms with Crippen LogP contribution in [-0.4, -0.2) is 17.7 Å². The molecule has 2 aromatic rings. The minimum absolute atomic E-state index is 0. The molecule has 1 N–H and O–H groups in total. The summed E-state index contributed by atoms with van der Waals surface area (Å²) in [7, 11) is 0. The first-order valence-corrected chi connectivity index (χ1v) is 6.23. The normalized spacial score (nSPS) is 11.2. The SMILES string of the molecule is C.CCOC(=O)C(c1ccccc1)c1ccc(O)cc1. The Labute approximate surface area is 119 Å². The topological polar surface area (TPSA) is 46.5 Å². The molecule has 0 aromatic heterocycles. The number of benzene rings is 2. The molecule has 0 bridgehead atoms.